The monoisotopic (exact) mass is 241 g/mol. The Morgan fingerprint density at radius 1 is 1.56 bits per heavy atom. The molecule has 0 bridgehead atoms. The molecule has 1 fully saturated rings. The predicted octanol–water partition coefficient (Wildman–Crippen LogP) is 0.0972. The summed E-state index contributed by atoms with van der Waals surface area (Å²) in [7, 11) is -3.47. The second-order valence-corrected chi connectivity index (χ2v) is 5.70. The van der Waals surface area contributed by atoms with Gasteiger partial charge in [-0.15, -0.1) is 0 Å². The number of sulfonamides is 1. The van der Waals surface area contributed by atoms with E-state index in [0.29, 0.717) is 12.5 Å². The van der Waals surface area contributed by atoms with E-state index in [9.17, 15) is 8.42 Å². The summed E-state index contributed by atoms with van der Waals surface area (Å²) in [6.45, 7) is 0.337. The molecular weight excluding hydrogens is 226 g/mol. The number of hydrogen-bond acceptors (Lipinski definition) is 4. The Labute approximate surface area is 95.1 Å². The highest BCUT2D eigenvalue weighted by atomic mass is 32.2. The summed E-state index contributed by atoms with van der Waals surface area (Å²) < 4.78 is 26.5. The van der Waals surface area contributed by atoms with Gasteiger partial charge in [0.1, 0.15) is 4.90 Å². The average Bonchev–Trinajstić information content (AvgIpc) is 3.11. The highest BCUT2D eigenvalue weighted by Crippen LogP contribution is 2.32. The molecule has 1 unspecified atom stereocenters. The van der Waals surface area contributed by atoms with Crippen LogP contribution in [0.4, 0.5) is 0 Å². The molecule has 0 radical (unpaired) electrons. The molecular formula is C10H15N3O2S. The largest absolute Gasteiger partial charge is 0.329 e. The van der Waals surface area contributed by atoms with Crippen LogP contribution in [0.2, 0.25) is 0 Å². The third-order valence-corrected chi connectivity index (χ3v) is 4.17. The number of hydrogen-bond donors (Lipinski definition) is 2. The normalized spacial score (nSPS) is 18.3. The zero-order valence-electron chi connectivity index (χ0n) is 8.83. The van der Waals surface area contributed by atoms with Gasteiger partial charge in [-0.25, -0.2) is 13.1 Å². The van der Waals surface area contributed by atoms with E-state index in [4.69, 9.17) is 5.73 Å². The van der Waals surface area contributed by atoms with E-state index in [1.165, 1.54) is 12.3 Å². The third kappa shape index (κ3) is 2.58. The SMILES string of the molecule is NCC(NS(=O)(=O)c1cccnc1)C1CC1. The van der Waals surface area contributed by atoms with Gasteiger partial charge in [0.15, 0.2) is 0 Å². The number of aromatic nitrogens is 1. The Balaban J connectivity index is 2.13. The van der Waals surface area contributed by atoms with Gasteiger partial charge in [0, 0.05) is 25.0 Å². The zero-order chi connectivity index (χ0) is 11.6. The molecule has 16 heavy (non-hydrogen) atoms. The van der Waals surface area contributed by atoms with E-state index < -0.39 is 10.0 Å². The molecule has 0 saturated heterocycles. The molecule has 3 N–H and O–H groups in total. The summed E-state index contributed by atoms with van der Waals surface area (Å²) in [5.74, 6) is 0.399. The van der Waals surface area contributed by atoms with Gasteiger partial charge in [-0.05, 0) is 30.9 Å². The number of nitrogens with zero attached hydrogens (tertiary/aromatic N) is 1. The number of pyridine rings is 1. The lowest BCUT2D eigenvalue weighted by Gasteiger charge is -2.15. The summed E-state index contributed by atoms with van der Waals surface area (Å²) in [6.07, 6.45) is 4.98. The van der Waals surface area contributed by atoms with Gasteiger partial charge in [-0.2, -0.15) is 0 Å². The van der Waals surface area contributed by atoms with Crippen molar-refractivity contribution in [2.45, 2.75) is 23.8 Å². The van der Waals surface area contributed by atoms with Crippen molar-refractivity contribution in [1.29, 1.82) is 0 Å². The van der Waals surface area contributed by atoms with Crippen molar-refractivity contribution < 1.29 is 8.42 Å². The van der Waals surface area contributed by atoms with Crippen LogP contribution in [0.5, 0.6) is 0 Å². The molecule has 1 aromatic heterocycles. The van der Waals surface area contributed by atoms with E-state index in [0.717, 1.165) is 12.8 Å². The van der Waals surface area contributed by atoms with Gasteiger partial charge in [-0.1, -0.05) is 0 Å². The van der Waals surface area contributed by atoms with Gasteiger partial charge in [0.25, 0.3) is 0 Å². The minimum atomic E-state index is -3.47. The van der Waals surface area contributed by atoms with Gasteiger partial charge in [0.2, 0.25) is 10.0 Å². The molecule has 0 aliphatic heterocycles. The Kier molecular flexibility index (Phi) is 3.22. The first-order valence-electron chi connectivity index (χ1n) is 5.26. The van der Waals surface area contributed by atoms with Crippen LogP contribution in [0.15, 0.2) is 29.4 Å². The van der Waals surface area contributed by atoms with Crippen LogP contribution in [0.25, 0.3) is 0 Å². The molecule has 6 heteroatoms. The molecule has 1 aliphatic rings. The lowest BCUT2D eigenvalue weighted by atomic mass is 10.2. The van der Waals surface area contributed by atoms with E-state index in [1.54, 1.807) is 12.3 Å². The third-order valence-electron chi connectivity index (χ3n) is 2.70. The van der Waals surface area contributed by atoms with Crippen molar-refractivity contribution in [3.63, 3.8) is 0 Å². The second-order valence-electron chi connectivity index (χ2n) is 3.99. The highest BCUT2D eigenvalue weighted by Gasteiger charge is 2.33. The number of rotatable bonds is 5. The topological polar surface area (TPSA) is 85.1 Å². The fraction of sp³-hybridized carbons (Fsp3) is 0.500. The first-order chi connectivity index (χ1) is 7.63. The van der Waals surface area contributed by atoms with Crippen molar-refractivity contribution in [2.75, 3.05) is 6.54 Å². The molecule has 1 saturated carbocycles. The van der Waals surface area contributed by atoms with Gasteiger partial charge < -0.3 is 5.73 Å². The van der Waals surface area contributed by atoms with Crippen molar-refractivity contribution in [1.82, 2.24) is 9.71 Å². The summed E-state index contributed by atoms with van der Waals surface area (Å²) in [4.78, 5) is 3.98. The standard InChI is InChI=1S/C10H15N3O2S/c11-6-10(8-3-4-8)13-16(14,15)9-2-1-5-12-7-9/h1-2,5,7-8,10,13H,3-4,6,11H2. The minimum Gasteiger partial charge on any atom is -0.329 e. The maximum Gasteiger partial charge on any atom is 0.242 e. The van der Waals surface area contributed by atoms with Crippen LogP contribution in [0.3, 0.4) is 0 Å². The van der Waals surface area contributed by atoms with Crippen molar-refractivity contribution in [3.05, 3.63) is 24.5 Å². The summed E-state index contributed by atoms with van der Waals surface area (Å²) in [5, 5.41) is 0. The molecule has 1 aromatic rings. The number of nitrogens with two attached hydrogens (primary N) is 1. The minimum absolute atomic E-state index is 0.148. The lowest BCUT2D eigenvalue weighted by Crippen LogP contribution is -2.41. The van der Waals surface area contributed by atoms with Crippen LogP contribution in [-0.2, 0) is 10.0 Å². The Bertz CT molecular complexity index is 442. The first kappa shape index (κ1) is 11.5. The summed E-state index contributed by atoms with van der Waals surface area (Å²) in [5.41, 5.74) is 5.56. The average molecular weight is 241 g/mol. The first-order valence-corrected chi connectivity index (χ1v) is 6.74. The molecule has 2 rings (SSSR count). The van der Waals surface area contributed by atoms with E-state index in [-0.39, 0.29) is 10.9 Å². The molecule has 5 nitrogen and oxygen atoms in total. The van der Waals surface area contributed by atoms with Crippen LogP contribution >= 0.6 is 0 Å². The maximum absolute atomic E-state index is 11.9. The Hall–Kier alpha value is -0.980. The quantitative estimate of drug-likeness (QED) is 0.765. The Morgan fingerprint density at radius 2 is 2.31 bits per heavy atom. The second kappa shape index (κ2) is 4.48. The van der Waals surface area contributed by atoms with E-state index in [1.807, 2.05) is 0 Å². The smallest absolute Gasteiger partial charge is 0.242 e. The maximum atomic E-state index is 11.9. The summed E-state index contributed by atoms with van der Waals surface area (Å²) >= 11 is 0. The fourth-order valence-electron chi connectivity index (χ4n) is 1.61. The van der Waals surface area contributed by atoms with Gasteiger partial charge in [-0.3, -0.25) is 4.98 Å². The van der Waals surface area contributed by atoms with Gasteiger partial charge in [0.05, 0.1) is 0 Å². The molecule has 1 aliphatic carbocycles. The predicted molar refractivity (Wildman–Crippen MR) is 60.1 cm³/mol. The molecule has 1 heterocycles. The van der Waals surface area contributed by atoms with E-state index in [2.05, 4.69) is 9.71 Å². The highest BCUT2D eigenvalue weighted by molar-refractivity contribution is 7.89. The van der Waals surface area contributed by atoms with Crippen LogP contribution in [0.1, 0.15) is 12.8 Å². The van der Waals surface area contributed by atoms with Crippen LogP contribution in [0, 0.1) is 5.92 Å². The van der Waals surface area contributed by atoms with Crippen LogP contribution < -0.4 is 10.5 Å². The summed E-state index contributed by atoms with van der Waals surface area (Å²) in [6, 6.07) is 2.98. The number of nitrogens with one attached hydrogen (secondary N) is 1. The molecule has 88 valence electrons. The molecule has 0 spiro atoms. The zero-order valence-corrected chi connectivity index (χ0v) is 9.65. The molecule has 0 amide bonds. The van der Waals surface area contributed by atoms with E-state index >= 15 is 0 Å². The molecule has 0 aromatic carbocycles. The molecule has 1 atom stereocenters. The van der Waals surface area contributed by atoms with Crippen molar-refractivity contribution in [3.8, 4) is 0 Å². The van der Waals surface area contributed by atoms with Crippen molar-refractivity contribution >= 4 is 10.0 Å². The fourth-order valence-corrected chi connectivity index (χ4v) is 2.89. The lowest BCUT2D eigenvalue weighted by molar-refractivity contribution is 0.519. The van der Waals surface area contributed by atoms with Crippen LogP contribution in [-0.4, -0.2) is 26.0 Å². The van der Waals surface area contributed by atoms with Crippen molar-refractivity contribution in [2.24, 2.45) is 11.7 Å². The van der Waals surface area contributed by atoms with Gasteiger partial charge >= 0.3 is 0 Å². The Morgan fingerprint density at radius 3 is 2.81 bits per heavy atom.